The molecule has 2 heterocycles. The molecular formula is C102H160N20O22S. The van der Waals surface area contributed by atoms with Crippen LogP contribution in [0, 0.1) is 70.0 Å². The normalized spacial score (nSPS) is 17.3. The largest absolute Gasteiger partial charge is 0.445 e. The fourth-order valence-corrected chi connectivity index (χ4v) is 19.7. The molecule has 0 aromatic heterocycles. The van der Waals surface area contributed by atoms with Crippen molar-refractivity contribution in [3.05, 3.63) is 77.9 Å². The van der Waals surface area contributed by atoms with E-state index in [1.54, 1.807) is 77.8 Å². The monoisotopic (exact) mass is 2050 g/mol. The van der Waals surface area contributed by atoms with Crippen LogP contribution in [0.25, 0.3) is 0 Å². The van der Waals surface area contributed by atoms with E-state index in [4.69, 9.17) is 43.2 Å². The molecule has 43 heteroatoms. The minimum Gasteiger partial charge on any atom is -0.445 e. The van der Waals surface area contributed by atoms with Crippen molar-refractivity contribution in [3.63, 3.8) is 0 Å². The maximum absolute atomic E-state index is 14.9. The Bertz CT molecular complexity index is 4760. The molecule has 2 aromatic rings. The molecule has 0 bridgehead atoms. The van der Waals surface area contributed by atoms with Crippen molar-refractivity contribution in [1.29, 1.82) is 10.8 Å². The molecule has 2 fully saturated rings. The minimum absolute atomic E-state index is 0.00900. The topological polar surface area (TPSA) is 648 Å². The number of imide groups is 1. The lowest BCUT2D eigenvalue weighted by Crippen LogP contribution is -2.60. The van der Waals surface area contributed by atoms with Gasteiger partial charge in [-0.25, -0.2) is 9.59 Å². The smallest absolute Gasteiger partial charge is 0.410 e. The number of amides is 14. The van der Waals surface area contributed by atoms with Crippen LogP contribution in [-0.4, -0.2) is 281 Å². The average molecular weight is 2050 g/mol. The number of guanidine groups is 2. The van der Waals surface area contributed by atoms with Crippen LogP contribution in [0.4, 0.5) is 15.3 Å². The second kappa shape index (κ2) is 62.7. The highest BCUT2D eigenvalue weighted by Crippen LogP contribution is 2.36. The zero-order chi connectivity index (χ0) is 108. The van der Waals surface area contributed by atoms with Crippen molar-refractivity contribution in [2.45, 2.75) is 297 Å². The van der Waals surface area contributed by atoms with E-state index >= 15 is 0 Å². The number of ketones is 6. The van der Waals surface area contributed by atoms with Crippen LogP contribution in [0.1, 0.15) is 242 Å². The number of nitrogens with one attached hydrogen (secondary N) is 12. The summed E-state index contributed by atoms with van der Waals surface area (Å²) in [6.07, 6.45) is 2.68. The number of urea groups is 1. The zero-order valence-electron chi connectivity index (χ0n) is 86.9. The summed E-state index contributed by atoms with van der Waals surface area (Å²) < 4.78 is 11.9. The van der Waals surface area contributed by atoms with Crippen molar-refractivity contribution in [3.8, 4) is 0 Å². The van der Waals surface area contributed by atoms with Crippen molar-refractivity contribution >= 4 is 141 Å². The summed E-state index contributed by atoms with van der Waals surface area (Å²) >= 11 is 0.917. The Morgan fingerprint density at radius 3 is 1.74 bits per heavy atom. The Balaban J connectivity index is 1.18. The van der Waals surface area contributed by atoms with Crippen LogP contribution in [0.5, 0.6) is 0 Å². The van der Waals surface area contributed by atoms with Gasteiger partial charge in [-0.1, -0.05) is 131 Å². The van der Waals surface area contributed by atoms with E-state index in [9.17, 15) is 96.2 Å². The molecule has 806 valence electrons. The number of nitrogens with two attached hydrogens (primary N) is 4. The molecule has 2 aliphatic heterocycles. The van der Waals surface area contributed by atoms with E-state index in [0.717, 1.165) is 45.7 Å². The molecule has 0 saturated carbocycles. The van der Waals surface area contributed by atoms with E-state index in [0.29, 0.717) is 43.5 Å². The van der Waals surface area contributed by atoms with Gasteiger partial charge in [0.1, 0.15) is 42.3 Å². The molecule has 0 spiro atoms. The standard InChI is InChI=1S/C102H160N20O22S/c1-16-61(8)90(80(143-15)53-84(131)121-48-28-35-74(121)64(11)65(12)77(126)49-62(9)91(133)67-29-19-17-20-30-67)119(13)98(140)87(59(4)5)118-96(138)89(60(6)7)120(14)102(142)144-56-66-37-39-71(40-38-66)114-93(135)69(32-26-46-112-101(108)141)51-79(128)86(58(2)3)117-82(129)36-21-18-24-47-122-85(132)54-81(97(122)139)145-57-70(95(137)116-73(92(103)134)33-22-23-43-109-83(130)55-113-88-75(124)41-42-76(88)125)52-78(127)72(34-27-45-111-100(106)107)115-94(136)68(50-63(10)123)31-25-44-110-99(104)105/h17,19-20,29-30,37-42,58-62,64-65,68-70,72-74,80-81,86-91,113,133H,16,18,21-28,31-36,43-57H2,1-15H3,(H2,103,134)(H,109,130)(H,114,135)(H,115,136)(H,116,137)(H,117,129)(H,118,138)(H4,104,105,110)(H4,106,107,111)(H3,108,112,141)/t61-,62-,64+,65+,68-,69+,70+,72+,73+,74-,80+,81?,86-,87-,89-,90?,91+/m0/s1. The SMILES string of the molecule is CC[C@H](C)C([C@@H](CC(=O)N1CCC[C@H]1[C@H](C)[C@@H](C)C(=O)C[C@H](C)[C@@H](O)c1ccccc1)OC)N(C)C(=O)[C@@H](NC(=O)[C@H](C(C)C)N(C)C(=O)OCc1ccc(NC(=O)[C@H](CCCNC(N)=O)CC(=O)[C@@H](NC(=O)CCCCCN2C(=O)CC(SC[C@@H](CC(=O)[C@@H](CCCNC(=N)N)NC(=O)[C@@H](CCCNC(=N)N)CC(C)=O)C(=O)N[C@H](CCCCNC(=O)CNC3C(=O)C=CC3=O)C(N)=O)C2=O)C(C)C)cc1)C(C)C. The van der Waals surface area contributed by atoms with Crippen LogP contribution in [-0.2, 0) is 97.6 Å². The maximum atomic E-state index is 14.9. The van der Waals surface area contributed by atoms with E-state index in [1.807, 2.05) is 69.9 Å². The number of carbonyl (C=O) groups excluding carboxylic acids is 19. The van der Waals surface area contributed by atoms with E-state index < -0.39 is 202 Å². The second-order valence-corrected chi connectivity index (χ2v) is 40.8. The number of hydrogen-bond donors (Lipinski definition) is 17. The number of ether oxygens (including phenoxy) is 2. The molecule has 5 rings (SSSR count). The minimum atomic E-state index is -1.33. The third-order valence-electron chi connectivity index (χ3n) is 27.2. The number of primary amides is 2. The number of methoxy groups -OCH3 is 1. The van der Waals surface area contributed by atoms with E-state index in [1.165, 1.54) is 21.1 Å². The van der Waals surface area contributed by atoms with Gasteiger partial charge in [0.15, 0.2) is 35.1 Å². The number of thioether (sulfide) groups is 1. The summed E-state index contributed by atoms with van der Waals surface area (Å²) in [7, 11) is 4.56. The van der Waals surface area contributed by atoms with Gasteiger partial charge in [0.2, 0.25) is 65.0 Å². The van der Waals surface area contributed by atoms with Crippen molar-refractivity contribution in [1.82, 2.24) is 67.5 Å². The van der Waals surface area contributed by atoms with Crippen LogP contribution >= 0.6 is 11.8 Å². The number of likely N-dealkylation sites (N-methyl/N-ethyl adjacent to an activating group) is 2. The van der Waals surface area contributed by atoms with Gasteiger partial charge in [-0.3, -0.25) is 103 Å². The fourth-order valence-electron chi connectivity index (χ4n) is 18.4. The number of carbonyl (C=O) groups is 19. The van der Waals surface area contributed by atoms with Gasteiger partial charge in [-0.15, -0.1) is 11.8 Å². The number of rotatable bonds is 68. The molecule has 0 radical (unpaired) electrons. The maximum Gasteiger partial charge on any atom is 0.410 e. The quantitative estimate of drug-likeness (QED) is 0.0137. The number of aliphatic hydroxyl groups is 1. The van der Waals surface area contributed by atoms with Gasteiger partial charge in [0.05, 0.1) is 54.5 Å². The number of hydrogen-bond acceptors (Lipinski definition) is 26. The van der Waals surface area contributed by atoms with Gasteiger partial charge in [0.25, 0.3) is 0 Å². The number of unbranched alkanes of at least 4 members (excludes halogenated alkanes) is 3. The van der Waals surface area contributed by atoms with Gasteiger partial charge in [-0.05, 0) is 161 Å². The highest BCUT2D eigenvalue weighted by atomic mass is 32.2. The van der Waals surface area contributed by atoms with Gasteiger partial charge in [0, 0.05) is 134 Å². The third-order valence-corrected chi connectivity index (χ3v) is 28.6. The lowest BCUT2D eigenvalue weighted by atomic mass is 9.81. The van der Waals surface area contributed by atoms with Crippen molar-refractivity contribution in [2.24, 2.45) is 82.1 Å². The zero-order valence-corrected chi connectivity index (χ0v) is 87.7. The Labute approximate surface area is 855 Å². The molecule has 42 nitrogen and oxygen atoms in total. The number of aliphatic hydroxyl groups excluding tert-OH is 1. The highest BCUT2D eigenvalue weighted by Gasteiger charge is 2.46. The van der Waals surface area contributed by atoms with Gasteiger partial charge >= 0.3 is 12.1 Å². The first-order chi connectivity index (χ1) is 68.5. The Hall–Kier alpha value is -12.1. The molecular weight excluding hydrogens is 1890 g/mol. The van der Waals surface area contributed by atoms with Crippen molar-refractivity contribution in [2.75, 3.05) is 78.1 Å². The lowest BCUT2D eigenvalue weighted by Gasteiger charge is -2.41. The number of benzene rings is 2. The summed E-state index contributed by atoms with van der Waals surface area (Å²) in [5.74, 6) is -15.4. The van der Waals surface area contributed by atoms with Crippen LogP contribution in [0.15, 0.2) is 66.7 Å². The molecule has 14 amide bonds. The molecule has 2 saturated heterocycles. The van der Waals surface area contributed by atoms with Crippen LogP contribution in [0.2, 0.25) is 0 Å². The lowest BCUT2D eigenvalue weighted by molar-refractivity contribution is -0.146. The molecule has 3 aliphatic rings. The molecule has 145 heavy (non-hydrogen) atoms. The fraction of sp³-hybridized carbons (Fsp3) is 0.657. The van der Waals surface area contributed by atoms with E-state index in [-0.39, 0.29) is 208 Å². The summed E-state index contributed by atoms with van der Waals surface area (Å²) in [5.41, 5.74) is 23.6. The summed E-state index contributed by atoms with van der Waals surface area (Å²) in [6, 6.07) is 6.88. The van der Waals surface area contributed by atoms with E-state index in [2.05, 4.69) is 53.2 Å². The van der Waals surface area contributed by atoms with Gasteiger partial charge in [-0.2, -0.15) is 0 Å². The number of nitrogens with zero attached hydrogens (tertiary/aromatic N) is 4. The second-order valence-electron chi connectivity index (χ2n) is 39.6. The highest BCUT2D eigenvalue weighted by molar-refractivity contribution is 8.00. The van der Waals surface area contributed by atoms with Crippen LogP contribution in [0.3, 0.4) is 0 Å². The molecule has 2 aromatic carbocycles. The molecule has 17 atom stereocenters. The molecule has 1 aliphatic carbocycles. The number of Topliss-reactive ketones (excluding diaryl/α,β-unsaturated/α-hetero) is 4. The Kier molecular flexibility index (Phi) is 53.3. The average Bonchev–Trinajstić information content (AvgIpc) is 1.69. The summed E-state index contributed by atoms with van der Waals surface area (Å²) in [4.78, 5) is 264. The molecule has 2 unspecified atom stereocenters. The number of anilines is 1. The summed E-state index contributed by atoms with van der Waals surface area (Å²) in [5, 5.41) is 52.1. The predicted octanol–water partition coefficient (Wildman–Crippen LogP) is 4.92. The number of likely N-dealkylation sites (tertiary alicyclic amines) is 2. The third kappa shape index (κ3) is 41.0. The first-order valence-corrected chi connectivity index (χ1v) is 51.7. The molecule has 21 N–H and O–H groups in total. The first kappa shape index (κ1) is 123. The summed E-state index contributed by atoms with van der Waals surface area (Å²) in [6.45, 7) is 21.8. The predicted molar refractivity (Wildman–Crippen MR) is 547 cm³/mol. The Morgan fingerprint density at radius 2 is 1.16 bits per heavy atom. The first-order valence-electron chi connectivity index (χ1n) is 50.6. The van der Waals surface area contributed by atoms with Crippen LogP contribution < -0.4 is 76.1 Å². The Morgan fingerprint density at radius 1 is 0.579 bits per heavy atom. The van der Waals surface area contributed by atoms with Crippen molar-refractivity contribution < 1.29 is 106 Å². The van der Waals surface area contributed by atoms with Gasteiger partial charge < -0.3 is 100.0 Å².